The predicted molar refractivity (Wildman–Crippen MR) is 87.3 cm³/mol. The largest absolute Gasteiger partial charge is 0.469 e. The van der Waals surface area contributed by atoms with Crippen LogP contribution in [0.3, 0.4) is 0 Å². The zero-order chi connectivity index (χ0) is 15.7. The zero-order valence-electron chi connectivity index (χ0n) is 14.4. The summed E-state index contributed by atoms with van der Waals surface area (Å²) in [4.78, 5) is 13.9. The first kappa shape index (κ1) is 18.4. The Morgan fingerprint density at radius 3 is 2.76 bits per heavy atom. The third-order valence-corrected chi connectivity index (χ3v) is 4.29. The van der Waals surface area contributed by atoms with Gasteiger partial charge >= 0.3 is 5.97 Å². The van der Waals surface area contributed by atoms with Crippen molar-refractivity contribution >= 4 is 5.97 Å². The highest BCUT2D eigenvalue weighted by molar-refractivity contribution is 5.69. The Morgan fingerprint density at radius 1 is 1.38 bits per heavy atom. The molecule has 1 rings (SSSR count). The molecular formula is C17H34N2O2. The van der Waals surface area contributed by atoms with Gasteiger partial charge in [0, 0.05) is 25.6 Å². The van der Waals surface area contributed by atoms with Gasteiger partial charge in [-0.25, -0.2) is 0 Å². The van der Waals surface area contributed by atoms with E-state index in [0.717, 1.165) is 38.5 Å². The minimum absolute atomic E-state index is 0.0769. The molecule has 0 aromatic heterocycles. The number of hydrogen-bond donors (Lipinski definition) is 1. The molecule has 0 saturated carbocycles. The van der Waals surface area contributed by atoms with Crippen molar-refractivity contribution in [3.8, 4) is 0 Å². The van der Waals surface area contributed by atoms with Gasteiger partial charge in [-0.15, -0.1) is 0 Å². The number of rotatable bonds is 9. The zero-order valence-corrected chi connectivity index (χ0v) is 14.4. The van der Waals surface area contributed by atoms with Crippen LogP contribution in [0.4, 0.5) is 0 Å². The van der Waals surface area contributed by atoms with E-state index in [9.17, 15) is 4.79 Å². The fourth-order valence-electron chi connectivity index (χ4n) is 3.16. The Balaban J connectivity index is 2.41. The average molecular weight is 298 g/mol. The van der Waals surface area contributed by atoms with Gasteiger partial charge in [-0.2, -0.15) is 0 Å². The topological polar surface area (TPSA) is 41.6 Å². The number of esters is 1. The number of nitrogens with one attached hydrogen (secondary N) is 1. The van der Waals surface area contributed by atoms with Crippen LogP contribution in [0, 0.1) is 11.8 Å². The second kappa shape index (κ2) is 10.2. The Kier molecular flexibility index (Phi) is 8.93. The van der Waals surface area contributed by atoms with Gasteiger partial charge < -0.3 is 15.0 Å². The third-order valence-electron chi connectivity index (χ3n) is 4.29. The van der Waals surface area contributed by atoms with E-state index in [1.54, 1.807) is 0 Å². The van der Waals surface area contributed by atoms with Crippen molar-refractivity contribution < 1.29 is 9.53 Å². The molecule has 4 heteroatoms. The number of carbonyl (C=O) groups is 1. The van der Waals surface area contributed by atoms with Crippen molar-refractivity contribution in [3.05, 3.63) is 0 Å². The van der Waals surface area contributed by atoms with E-state index >= 15 is 0 Å². The van der Waals surface area contributed by atoms with E-state index in [-0.39, 0.29) is 5.97 Å². The maximum atomic E-state index is 11.3. The smallest absolute Gasteiger partial charge is 0.305 e. The van der Waals surface area contributed by atoms with E-state index in [1.807, 2.05) is 0 Å². The van der Waals surface area contributed by atoms with Crippen molar-refractivity contribution in [2.24, 2.45) is 11.8 Å². The van der Waals surface area contributed by atoms with Gasteiger partial charge in [0.15, 0.2) is 0 Å². The number of piperidine rings is 1. The van der Waals surface area contributed by atoms with Gasteiger partial charge in [-0.3, -0.25) is 4.79 Å². The second-order valence-corrected chi connectivity index (χ2v) is 6.81. The lowest BCUT2D eigenvalue weighted by molar-refractivity contribution is -0.141. The Bertz CT molecular complexity index is 295. The molecule has 0 amide bonds. The van der Waals surface area contributed by atoms with E-state index in [4.69, 9.17) is 4.74 Å². The fourth-order valence-corrected chi connectivity index (χ4v) is 3.16. The lowest BCUT2D eigenvalue weighted by atomic mass is 9.90. The summed E-state index contributed by atoms with van der Waals surface area (Å²) in [6, 6.07) is 0.576. The summed E-state index contributed by atoms with van der Waals surface area (Å²) in [5.74, 6) is 1.29. The van der Waals surface area contributed by atoms with Crippen LogP contribution in [0.15, 0.2) is 0 Å². The molecule has 0 aromatic rings. The molecule has 1 aliphatic rings. The van der Waals surface area contributed by atoms with Gasteiger partial charge in [0.05, 0.1) is 7.11 Å². The number of hydrogen-bond acceptors (Lipinski definition) is 4. The van der Waals surface area contributed by atoms with Gasteiger partial charge in [0.2, 0.25) is 0 Å². The summed E-state index contributed by atoms with van der Waals surface area (Å²) in [6.07, 6.45) is 5.13. The molecule has 2 unspecified atom stereocenters. The summed E-state index contributed by atoms with van der Waals surface area (Å²) in [5.41, 5.74) is 0. The molecule has 1 aliphatic heterocycles. The van der Waals surface area contributed by atoms with Crippen molar-refractivity contribution in [1.29, 1.82) is 0 Å². The maximum Gasteiger partial charge on any atom is 0.305 e. The Morgan fingerprint density at radius 2 is 2.14 bits per heavy atom. The van der Waals surface area contributed by atoms with Crippen LogP contribution in [0.2, 0.25) is 0 Å². The Labute approximate surface area is 130 Å². The van der Waals surface area contributed by atoms with Crippen molar-refractivity contribution in [2.75, 3.05) is 33.3 Å². The summed E-state index contributed by atoms with van der Waals surface area (Å²) >= 11 is 0. The highest BCUT2D eigenvalue weighted by atomic mass is 16.5. The Hall–Kier alpha value is -0.610. The van der Waals surface area contributed by atoms with Crippen LogP contribution in [-0.2, 0) is 9.53 Å². The predicted octanol–water partition coefficient (Wildman–Crippen LogP) is 2.68. The van der Waals surface area contributed by atoms with E-state index in [0.29, 0.717) is 18.4 Å². The third kappa shape index (κ3) is 7.82. The molecule has 21 heavy (non-hydrogen) atoms. The van der Waals surface area contributed by atoms with Gasteiger partial charge in [0.25, 0.3) is 0 Å². The average Bonchev–Trinajstić information content (AvgIpc) is 2.44. The fraction of sp³-hybridized carbons (Fsp3) is 0.941. The van der Waals surface area contributed by atoms with Crippen molar-refractivity contribution in [2.45, 2.75) is 58.9 Å². The number of methoxy groups -OCH3 is 1. The maximum absolute atomic E-state index is 11.3. The minimum Gasteiger partial charge on any atom is -0.469 e. The highest BCUT2D eigenvalue weighted by Gasteiger charge is 2.26. The number of carbonyl (C=O) groups excluding carboxylic acids is 1. The van der Waals surface area contributed by atoms with Crippen LogP contribution in [0.5, 0.6) is 0 Å². The van der Waals surface area contributed by atoms with Crippen molar-refractivity contribution in [3.63, 3.8) is 0 Å². The van der Waals surface area contributed by atoms with E-state index < -0.39 is 0 Å². The second-order valence-electron chi connectivity index (χ2n) is 6.81. The normalized spacial score (nSPS) is 23.5. The quantitative estimate of drug-likeness (QED) is 0.665. The number of ether oxygens (including phenoxy) is 1. The number of likely N-dealkylation sites (tertiary alicyclic amines) is 1. The lowest BCUT2D eigenvalue weighted by Gasteiger charge is -2.38. The van der Waals surface area contributed by atoms with Gasteiger partial charge in [-0.1, -0.05) is 20.8 Å². The van der Waals surface area contributed by atoms with Gasteiger partial charge in [-0.05, 0) is 50.6 Å². The molecule has 0 aromatic carbocycles. The summed E-state index contributed by atoms with van der Waals surface area (Å²) in [5, 5.41) is 3.72. The van der Waals surface area contributed by atoms with Crippen LogP contribution >= 0.6 is 0 Å². The van der Waals surface area contributed by atoms with Crippen LogP contribution in [0.1, 0.15) is 52.9 Å². The monoisotopic (exact) mass is 298 g/mol. The molecule has 1 heterocycles. The first-order valence-electron chi connectivity index (χ1n) is 8.57. The minimum atomic E-state index is -0.0769. The molecule has 0 radical (unpaired) electrons. The van der Waals surface area contributed by atoms with Gasteiger partial charge in [0.1, 0.15) is 0 Å². The molecule has 1 N–H and O–H groups in total. The molecule has 0 aliphatic carbocycles. The summed E-state index contributed by atoms with van der Waals surface area (Å²) < 4.78 is 4.77. The molecule has 4 nitrogen and oxygen atoms in total. The van der Waals surface area contributed by atoms with Crippen LogP contribution in [0.25, 0.3) is 0 Å². The molecule has 1 fully saturated rings. The first-order valence-corrected chi connectivity index (χ1v) is 8.57. The summed E-state index contributed by atoms with van der Waals surface area (Å²) in [7, 11) is 1.48. The standard InChI is InChI=1S/C17H34N2O2/c1-5-10-19-12-15(6-7-17(20)21-4)11-16(13-19)18-9-8-14(2)3/h14-16,18H,5-13H2,1-4H3. The van der Waals surface area contributed by atoms with Crippen LogP contribution in [-0.4, -0.2) is 50.2 Å². The molecule has 1 saturated heterocycles. The molecule has 0 bridgehead atoms. The highest BCUT2D eigenvalue weighted by Crippen LogP contribution is 2.22. The van der Waals surface area contributed by atoms with Crippen LogP contribution < -0.4 is 5.32 Å². The summed E-state index contributed by atoms with van der Waals surface area (Å²) in [6.45, 7) is 11.3. The van der Waals surface area contributed by atoms with E-state index in [1.165, 1.54) is 26.4 Å². The first-order chi connectivity index (χ1) is 10.0. The lowest BCUT2D eigenvalue weighted by Crippen LogP contribution is -2.49. The van der Waals surface area contributed by atoms with Crippen molar-refractivity contribution in [1.82, 2.24) is 10.2 Å². The molecule has 2 atom stereocenters. The molecule has 0 spiro atoms. The molecule has 124 valence electrons. The molecular weight excluding hydrogens is 264 g/mol. The SMILES string of the molecule is CCCN1CC(CCC(=O)OC)CC(NCCC(C)C)C1. The number of nitrogens with zero attached hydrogens (tertiary/aromatic N) is 1. The van der Waals surface area contributed by atoms with E-state index in [2.05, 4.69) is 31.0 Å².